The van der Waals surface area contributed by atoms with Gasteiger partial charge in [0.05, 0.1) is 24.0 Å². The number of hydrogen-bond acceptors (Lipinski definition) is 6. The van der Waals surface area contributed by atoms with Crippen molar-refractivity contribution in [2.24, 2.45) is 23.7 Å². The molecular formula is C20H30O6. The zero-order valence-electron chi connectivity index (χ0n) is 16.1. The lowest BCUT2D eigenvalue weighted by Gasteiger charge is -2.20. The third kappa shape index (κ3) is 4.86. The van der Waals surface area contributed by atoms with Gasteiger partial charge in [-0.15, -0.1) is 0 Å². The van der Waals surface area contributed by atoms with Crippen LogP contribution in [-0.2, 0) is 28.5 Å². The molecule has 0 aromatic rings. The van der Waals surface area contributed by atoms with Crippen molar-refractivity contribution in [2.45, 2.75) is 65.0 Å². The Hall–Kier alpha value is -1.40. The zero-order valence-corrected chi connectivity index (χ0v) is 16.1. The van der Waals surface area contributed by atoms with E-state index in [2.05, 4.69) is 27.7 Å². The Kier molecular flexibility index (Phi) is 6.03. The summed E-state index contributed by atoms with van der Waals surface area (Å²) in [7, 11) is 0. The van der Waals surface area contributed by atoms with Gasteiger partial charge in [-0.25, -0.2) is 0 Å². The molecule has 3 aliphatic rings. The highest BCUT2D eigenvalue weighted by Gasteiger charge is 2.43. The number of ether oxygens (including phenoxy) is 4. The first-order valence-corrected chi connectivity index (χ1v) is 9.69. The van der Waals surface area contributed by atoms with Gasteiger partial charge >= 0.3 is 11.9 Å². The number of carbonyl (C=O) groups is 2. The van der Waals surface area contributed by atoms with Crippen LogP contribution in [0.15, 0.2) is 12.2 Å². The van der Waals surface area contributed by atoms with Crippen LogP contribution in [0.3, 0.4) is 0 Å². The van der Waals surface area contributed by atoms with Crippen LogP contribution in [0.5, 0.6) is 0 Å². The largest absolute Gasteiger partial charge is 0.462 e. The van der Waals surface area contributed by atoms with Crippen LogP contribution in [0.2, 0.25) is 0 Å². The molecule has 0 radical (unpaired) electrons. The monoisotopic (exact) mass is 366 g/mol. The molecule has 3 rings (SSSR count). The second-order valence-corrected chi connectivity index (χ2v) is 8.20. The standard InChI is InChI=1S/C20H30O6/c1-11(2)17-15(25-17)9-23-19(21)13-5-7-14(8-6-13)20(22)24-10-16-18(26-16)12(3)4/h5,7,11-18H,6,8-10H2,1-4H3. The van der Waals surface area contributed by atoms with Crippen LogP contribution in [0.1, 0.15) is 40.5 Å². The number of carbonyl (C=O) groups excluding carboxylic acids is 2. The lowest BCUT2D eigenvalue weighted by Crippen LogP contribution is -2.26. The van der Waals surface area contributed by atoms with Crippen molar-refractivity contribution in [2.75, 3.05) is 13.2 Å². The molecule has 0 bridgehead atoms. The third-order valence-corrected chi connectivity index (χ3v) is 5.31. The van der Waals surface area contributed by atoms with E-state index in [-0.39, 0.29) is 48.2 Å². The van der Waals surface area contributed by atoms with Gasteiger partial charge in [0.2, 0.25) is 0 Å². The molecule has 0 aromatic carbocycles. The SMILES string of the molecule is CC(C)C1OC1COC(=O)C1C=CC(C(=O)OCC2OC2C(C)C)CC1. The molecule has 146 valence electrons. The Labute approximate surface area is 155 Å². The van der Waals surface area contributed by atoms with Gasteiger partial charge in [-0.1, -0.05) is 39.8 Å². The summed E-state index contributed by atoms with van der Waals surface area (Å²) in [6, 6.07) is 0. The highest BCUT2D eigenvalue weighted by Crippen LogP contribution is 2.31. The molecule has 2 heterocycles. The maximum atomic E-state index is 12.1. The molecule has 26 heavy (non-hydrogen) atoms. The van der Waals surface area contributed by atoms with E-state index in [1.165, 1.54) is 0 Å². The number of esters is 2. The fourth-order valence-corrected chi connectivity index (χ4v) is 3.51. The average molecular weight is 366 g/mol. The third-order valence-electron chi connectivity index (χ3n) is 5.31. The van der Waals surface area contributed by atoms with Crippen LogP contribution in [0.25, 0.3) is 0 Å². The summed E-state index contributed by atoms with van der Waals surface area (Å²) in [5, 5.41) is 0. The van der Waals surface area contributed by atoms with Gasteiger partial charge in [0.1, 0.15) is 25.4 Å². The first-order chi connectivity index (χ1) is 12.4. The summed E-state index contributed by atoms with van der Waals surface area (Å²) in [5.74, 6) is -0.164. The van der Waals surface area contributed by atoms with Crippen LogP contribution >= 0.6 is 0 Å². The van der Waals surface area contributed by atoms with Crippen molar-refractivity contribution in [3.05, 3.63) is 12.2 Å². The molecule has 2 saturated heterocycles. The van der Waals surface area contributed by atoms with Gasteiger partial charge in [0.25, 0.3) is 0 Å². The quantitative estimate of drug-likeness (QED) is 0.373. The smallest absolute Gasteiger partial charge is 0.312 e. The van der Waals surface area contributed by atoms with Crippen LogP contribution in [0.4, 0.5) is 0 Å². The lowest BCUT2D eigenvalue weighted by atomic mass is 9.88. The Morgan fingerprint density at radius 1 is 0.846 bits per heavy atom. The number of hydrogen-bond donors (Lipinski definition) is 0. The van der Waals surface area contributed by atoms with Gasteiger partial charge in [-0.2, -0.15) is 0 Å². The van der Waals surface area contributed by atoms with E-state index in [1.807, 2.05) is 0 Å². The molecule has 0 saturated carbocycles. The molecule has 1 aliphatic carbocycles. The summed E-state index contributed by atoms with van der Waals surface area (Å²) in [6.07, 6.45) is 5.23. The van der Waals surface area contributed by atoms with Crippen molar-refractivity contribution in [3.8, 4) is 0 Å². The molecule has 0 spiro atoms. The van der Waals surface area contributed by atoms with Crippen molar-refractivity contribution < 1.29 is 28.5 Å². The minimum Gasteiger partial charge on any atom is -0.462 e. The molecule has 6 nitrogen and oxygen atoms in total. The minimum absolute atomic E-state index is 0.0357. The first-order valence-electron chi connectivity index (χ1n) is 9.69. The van der Waals surface area contributed by atoms with Crippen molar-refractivity contribution in [3.63, 3.8) is 0 Å². The van der Waals surface area contributed by atoms with E-state index >= 15 is 0 Å². The first kappa shape index (κ1) is 19.4. The molecule has 0 amide bonds. The fourth-order valence-electron chi connectivity index (χ4n) is 3.51. The van der Waals surface area contributed by atoms with Crippen molar-refractivity contribution in [1.82, 2.24) is 0 Å². The topological polar surface area (TPSA) is 77.7 Å². The molecule has 0 aromatic heterocycles. The Bertz CT molecular complexity index is 507. The van der Waals surface area contributed by atoms with Gasteiger partial charge < -0.3 is 18.9 Å². The second kappa shape index (κ2) is 8.09. The highest BCUT2D eigenvalue weighted by molar-refractivity contribution is 5.78. The summed E-state index contributed by atoms with van der Waals surface area (Å²) < 4.78 is 21.7. The average Bonchev–Trinajstić information content (AvgIpc) is 3.51. The summed E-state index contributed by atoms with van der Waals surface area (Å²) in [6.45, 7) is 9.00. The molecule has 6 heteroatoms. The minimum atomic E-state index is -0.285. The zero-order chi connectivity index (χ0) is 18.8. The van der Waals surface area contributed by atoms with Crippen LogP contribution in [0, 0.1) is 23.7 Å². The number of rotatable bonds is 8. The van der Waals surface area contributed by atoms with E-state index in [9.17, 15) is 9.59 Å². The normalized spacial score (nSPS) is 35.5. The molecule has 6 atom stereocenters. The highest BCUT2D eigenvalue weighted by atomic mass is 16.6. The van der Waals surface area contributed by atoms with E-state index < -0.39 is 0 Å². The molecular weight excluding hydrogens is 336 g/mol. The lowest BCUT2D eigenvalue weighted by molar-refractivity contribution is -0.151. The van der Waals surface area contributed by atoms with Crippen LogP contribution in [-0.4, -0.2) is 49.6 Å². The second-order valence-electron chi connectivity index (χ2n) is 8.20. The maximum absolute atomic E-state index is 12.1. The Morgan fingerprint density at radius 2 is 1.23 bits per heavy atom. The van der Waals surface area contributed by atoms with E-state index in [4.69, 9.17) is 18.9 Å². The predicted octanol–water partition coefficient (Wildman–Crippen LogP) is 2.50. The van der Waals surface area contributed by atoms with Gasteiger partial charge in [0.15, 0.2) is 0 Å². The van der Waals surface area contributed by atoms with Gasteiger partial charge in [-0.3, -0.25) is 9.59 Å². The van der Waals surface area contributed by atoms with Crippen molar-refractivity contribution >= 4 is 11.9 Å². The summed E-state index contributed by atoms with van der Waals surface area (Å²) >= 11 is 0. The fraction of sp³-hybridized carbons (Fsp3) is 0.800. The van der Waals surface area contributed by atoms with E-state index in [1.54, 1.807) is 12.2 Å². The van der Waals surface area contributed by atoms with Gasteiger partial charge in [-0.05, 0) is 24.7 Å². The van der Waals surface area contributed by atoms with E-state index in [0.717, 1.165) is 0 Å². The summed E-state index contributed by atoms with van der Waals surface area (Å²) in [4.78, 5) is 24.3. The molecule has 0 N–H and O–H groups in total. The summed E-state index contributed by atoms with van der Waals surface area (Å²) in [5.41, 5.74) is 0. The predicted molar refractivity (Wildman–Crippen MR) is 94.3 cm³/mol. The maximum Gasteiger partial charge on any atom is 0.312 e. The van der Waals surface area contributed by atoms with Crippen LogP contribution < -0.4 is 0 Å². The van der Waals surface area contributed by atoms with Gasteiger partial charge in [0, 0.05) is 0 Å². The Balaban J connectivity index is 1.35. The molecule has 2 fully saturated rings. The Morgan fingerprint density at radius 3 is 1.50 bits per heavy atom. The number of epoxide rings is 2. The van der Waals surface area contributed by atoms with Crippen molar-refractivity contribution in [1.29, 1.82) is 0 Å². The molecule has 2 aliphatic heterocycles. The van der Waals surface area contributed by atoms with E-state index in [0.29, 0.717) is 37.9 Å². The molecule has 6 unspecified atom stereocenters.